The van der Waals surface area contributed by atoms with Gasteiger partial charge in [0.05, 0.1) is 41.7 Å². The molecule has 0 fully saturated rings. The summed E-state index contributed by atoms with van der Waals surface area (Å²) in [6.45, 7) is 3.23. The van der Waals surface area contributed by atoms with Gasteiger partial charge in [0.2, 0.25) is 0 Å². The highest BCUT2D eigenvalue weighted by molar-refractivity contribution is 8.01. The van der Waals surface area contributed by atoms with Crippen molar-refractivity contribution in [2.24, 2.45) is 14.1 Å². The first-order valence-corrected chi connectivity index (χ1v) is 18.8. The van der Waals surface area contributed by atoms with Crippen LogP contribution in [0.4, 0.5) is 0 Å². The monoisotopic (exact) mass is 728 g/mol. The van der Waals surface area contributed by atoms with Crippen LogP contribution in [-0.4, -0.2) is 37.7 Å². The Morgan fingerprint density at radius 3 is 1.90 bits per heavy atom. The minimum absolute atomic E-state index is 0.152. The maximum Gasteiger partial charge on any atom is 0.330 e. The van der Waals surface area contributed by atoms with Gasteiger partial charge in [0, 0.05) is 43.2 Å². The Morgan fingerprint density at radius 2 is 1.38 bits per heavy atom. The molecule has 0 aliphatic heterocycles. The van der Waals surface area contributed by atoms with Crippen LogP contribution >= 0.6 is 23.1 Å². The Balaban J connectivity index is 1.39. The van der Waals surface area contributed by atoms with E-state index in [1.54, 1.807) is 18.7 Å². The largest absolute Gasteiger partial charge is 0.497 e. The standard InChI is InChI=1S/C42H40N4O4S2/c1-29-28-51-39(43-29)38-37-36(44(2)41(48)45(3)40(37)47)25-46(38)24-35(27-50-26-30-20-22-34(49-4)23-21-30)52-42(31-14-8-5-9-15-31,32-16-10-6-11-17-32)33-18-12-7-13-19-33/h5-23,25,28,35H,24,26-27H2,1-4H3. The van der Waals surface area contributed by atoms with E-state index in [4.69, 9.17) is 14.5 Å². The van der Waals surface area contributed by atoms with Crippen molar-refractivity contribution < 1.29 is 9.47 Å². The molecule has 10 heteroatoms. The SMILES string of the molecule is COc1ccc(COCC(Cn2cc3c(c2-c2nc(C)cs2)c(=O)n(C)c(=O)n3C)SC(c2ccccc2)(c2ccccc2)c2ccccc2)cc1. The molecule has 0 N–H and O–H groups in total. The van der Waals surface area contributed by atoms with Gasteiger partial charge in [0.1, 0.15) is 10.8 Å². The number of methoxy groups -OCH3 is 1. The van der Waals surface area contributed by atoms with Gasteiger partial charge in [-0.15, -0.1) is 23.1 Å². The Bertz CT molecular complexity index is 2300. The number of rotatable bonds is 13. The van der Waals surface area contributed by atoms with E-state index in [2.05, 4.69) is 77.4 Å². The average molecular weight is 729 g/mol. The number of fused-ring (bicyclic) bond motifs is 1. The van der Waals surface area contributed by atoms with Crippen LogP contribution in [0.3, 0.4) is 0 Å². The van der Waals surface area contributed by atoms with Crippen LogP contribution in [0.25, 0.3) is 21.6 Å². The van der Waals surface area contributed by atoms with Crippen LogP contribution in [-0.2, 0) is 36.7 Å². The Labute approximate surface area is 310 Å². The maximum atomic E-state index is 13.8. The summed E-state index contributed by atoms with van der Waals surface area (Å²) < 4.78 is 16.1. The van der Waals surface area contributed by atoms with E-state index in [9.17, 15) is 9.59 Å². The molecule has 3 aromatic heterocycles. The zero-order valence-electron chi connectivity index (χ0n) is 29.6. The molecule has 0 amide bonds. The van der Waals surface area contributed by atoms with E-state index in [1.807, 2.05) is 72.7 Å². The quantitative estimate of drug-likeness (QED) is 0.113. The number of thioether (sulfide) groups is 1. The van der Waals surface area contributed by atoms with Crippen molar-refractivity contribution >= 4 is 34.0 Å². The number of nitrogens with zero attached hydrogens (tertiary/aromatic N) is 4. The van der Waals surface area contributed by atoms with Gasteiger partial charge in [-0.2, -0.15) is 0 Å². The van der Waals surface area contributed by atoms with Crippen molar-refractivity contribution in [3.63, 3.8) is 0 Å². The van der Waals surface area contributed by atoms with E-state index < -0.39 is 4.75 Å². The molecule has 264 valence electrons. The van der Waals surface area contributed by atoms with E-state index in [0.29, 0.717) is 36.4 Å². The molecule has 3 heterocycles. The van der Waals surface area contributed by atoms with Gasteiger partial charge < -0.3 is 14.0 Å². The first-order chi connectivity index (χ1) is 25.3. The summed E-state index contributed by atoms with van der Waals surface area (Å²) in [5.41, 5.74) is 5.89. The van der Waals surface area contributed by atoms with Crippen molar-refractivity contribution in [3.8, 4) is 16.5 Å². The van der Waals surface area contributed by atoms with Crippen LogP contribution in [0, 0.1) is 6.92 Å². The lowest BCUT2D eigenvalue weighted by Crippen LogP contribution is -2.36. The first kappa shape index (κ1) is 35.3. The Morgan fingerprint density at radius 1 is 0.808 bits per heavy atom. The third-order valence-corrected chi connectivity index (χ3v) is 12.0. The van der Waals surface area contributed by atoms with Crippen LogP contribution in [0.5, 0.6) is 5.75 Å². The van der Waals surface area contributed by atoms with Crippen molar-refractivity contribution in [1.29, 1.82) is 0 Å². The van der Waals surface area contributed by atoms with E-state index >= 15 is 0 Å². The van der Waals surface area contributed by atoms with Gasteiger partial charge in [-0.05, 0) is 41.3 Å². The van der Waals surface area contributed by atoms with Crippen molar-refractivity contribution in [2.45, 2.75) is 30.1 Å². The maximum absolute atomic E-state index is 13.8. The molecular weight excluding hydrogens is 689 g/mol. The Kier molecular flexibility index (Phi) is 10.3. The number of ether oxygens (including phenoxy) is 2. The molecule has 7 aromatic rings. The van der Waals surface area contributed by atoms with Gasteiger partial charge in [-0.1, -0.05) is 103 Å². The first-order valence-electron chi connectivity index (χ1n) is 17.1. The molecule has 7 rings (SSSR count). The van der Waals surface area contributed by atoms with Gasteiger partial charge >= 0.3 is 5.69 Å². The molecule has 0 aliphatic rings. The lowest BCUT2D eigenvalue weighted by atomic mass is 9.84. The lowest BCUT2D eigenvalue weighted by Gasteiger charge is -2.38. The number of benzene rings is 4. The topological polar surface area (TPSA) is 80.3 Å². The third-order valence-electron chi connectivity index (χ3n) is 9.35. The fraction of sp³-hybridized carbons (Fsp3) is 0.214. The summed E-state index contributed by atoms with van der Waals surface area (Å²) in [6.07, 6.45) is 1.93. The zero-order valence-corrected chi connectivity index (χ0v) is 31.2. The summed E-state index contributed by atoms with van der Waals surface area (Å²) in [4.78, 5) is 31.8. The molecule has 0 saturated carbocycles. The number of hydrogen-bond acceptors (Lipinski definition) is 7. The number of aromatic nitrogens is 4. The predicted octanol–water partition coefficient (Wildman–Crippen LogP) is 7.79. The summed E-state index contributed by atoms with van der Waals surface area (Å²) in [5, 5.41) is 3.04. The van der Waals surface area contributed by atoms with E-state index in [-0.39, 0.29) is 16.5 Å². The lowest BCUT2D eigenvalue weighted by molar-refractivity contribution is 0.119. The fourth-order valence-electron chi connectivity index (χ4n) is 6.77. The van der Waals surface area contributed by atoms with Crippen LogP contribution in [0.2, 0.25) is 0 Å². The average Bonchev–Trinajstić information content (AvgIpc) is 3.79. The summed E-state index contributed by atoms with van der Waals surface area (Å²) in [5.74, 6) is 0.792. The number of thiazole rings is 1. The predicted molar refractivity (Wildman–Crippen MR) is 212 cm³/mol. The minimum Gasteiger partial charge on any atom is -0.497 e. The minimum atomic E-state index is -0.620. The molecule has 1 unspecified atom stereocenters. The third kappa shape index (κ3) is 6.77. The van der Waals surface area contributed by atoms with Crippen LogP contribution in [0.1, 0.15) is 27.9 Å². The molecular formula is C42H40N4O4S2. The van der Waals surface area contributed by atoms with Crippen molar-refractivity contribution in [2.75, 3.05) is 13.7 Å². The van der Waals surface area contributed by atoms with Crippen molar-refractivity contribution in [1.82, 2.24) is 18.7 Å². The van der Waals surface area contributed by atoms with Crippen molar-refractivity contribution in [3.05, 3.63) is 176 Å². The molecule has 52 heavy (non-hydrogen) atoms. The summed E-state index contributed by atoms with van der Waals surface area (Å²) in [7, 11) is 4.89. The highest BCUT2D eigenvalue weighted by Crippen LogP contribution is 2.51. The summed E-state index contributed by atoms with van der Waals surface area (Å²) >= 11 is 3.33. The highest BCUT2D eigenvalue weighted by atomic mass is 32.2. The second-order valence-electron chi connectivity index (χ2n) is 12.8. The molecule has 1 atom stereocenters. The van der Waals surface area contributed by atoms with Gasteiger partial charge in [-0.3, -0.25) is 13.9 Å². The van der Waals surface area contributed by atoms with E-state index in [0.717, 1.165) is 38.7 Å². The molecule has 8 nitrogen and oxygen atoms in total. The number of aryl methyl sites for hydroxylation is 2. The smallest absolute Gasteiger partial charge is 0.330 e. The van der Waals surface area contributed by atoms with Crippen LogP contribution in [0.15, 0.2) is 136 Å². The normalized spacial score (nSPS) is 12.3. The van der Waals surface area contributed by atoms with Crippen LogP contribution < -0.4 is 16.0 Å². The van der Waals surface area contributed by atoms with Gasteiger partial charge in [0.25, 0.3) is 5.56 Å². The Hall–Kier alpha value is -5.16. The highest BCUT2D eigenvalue weighted by Gasteiger charge is 2.40. The second-order valence-corrected chi connectivity index (χ2v) is 15.1. The molecule has 0 bridgehead atoms. The zero-order chi connectivity index (χ0) is 36.2. The molecule has 0 spiro atoms. The fourth-order valence-corrected chi connectivity index (χ4v) is 9.35. The van der Waals surface area contributed by atoms with Gasteiger partial charge in [0.15, 0.2) is 0 Å². The second kappa shape index (κ2) is 15.2. The van der Waals surface area contributed by atoms with Gasteiger partial charge in [-0.25, -0.2) is 9.78 Å². The number of hydrogen-bond donors (Lipinski definition) is 0. The molecule has 0 radical (unpaired) electrons. The molecule has 0 saturated heterocycles. The molecule has 4 aromatic carbocycles. The van der Waals surface area contributed by atoms with E-state index in [1.165, 1.54) is 23.0 Å². The molecule has 0 aliphatic carbocycles. The summed E-state index contributed by atoms with van der Waals surface area (Å²) in [6, 6.07) is 39.7.